The molecule has 0 unspecified atom stereocenters. The maximum Gasteiger partial charge on any atom is 0.266 e. The SMILES string of the molecule is Cc1ccc(N=C2SC(=Cc3ccc(-c4ccc(Cl)cc4)cc3)C(=O)N2C)cc1. The fraction of sp³-hybridized carbons (Fsp3) is 0.0833. The first-order valence-corrected chi connectivity index (χ1v) is 10.4. The molecule has 0 atom stereocenters. The summed E-state index contributed by atoms with van der Waals surface area (Å²) < 4.78 is 0. The van der Waals surface area contributed by atoms with Gasteiger partial charge in [-0.1, -0.05) is 65.7 Å². The summed E-state index contributed by atoms with van der Waals surface area (Å²) in [7, 11) is 1.76. The van der Waals surface area contributed by atoms with Gasteiger partial charge in [0, 0.05) is 12.1 Å². The maximum atomic E-state index is 12.6. The van der Waals surface area contributed by atoms with Gasteiger partial charge in [-0.2, -0.15) is 0 Å². The van der Waals surface area contributed by atoms with Gasteiger partial charge in [0.25, 0.3) is 5.91 Å². The lowest BCUT2D eigenvalue weighted by Crippen LogP contribution is -2.23. The Balaban J connectivity index is 1.55. The summed E-state index contributed by atoms with van der Waals surface area (Å²) in [5.74, 6) is -0.0392. The first-order chi connectivity index (χ1) is 14.0. The standard InChI is InChI=1S/C24H19ClN2OS/c1-16-3-13-21(14-4-16)26-24-27(2)23(28)22(29-24)15-17-5-7-18(8-6-17)19-9-11-20(25)12-10-19/h3-15H,1-2H3. The van der Waals surface area contributed by atoms with Crippen LogP contribution in [0, 0.1) is 6.92 Å². The summed E-state index contributed by atoms with van der Waals surface area (Å²) in [4.78, 5) is 19.5. The molecular weight excluding hydrogens is 400 g/mol. The van der Waals surface area contributed by atoms with Crippen molar-refractivity contribution in [3.63, 3.8) is 0 Å². The maximum absolute atomic E-state index is 12.6. The van der Waals surface area contributed by atoms with E-state index in [-0.39, 0.29) is 5.91 Å². The first-order valence-electron chi connectivity index (χ1n) is 9.18. The first kappa shape index (κ1) is 19.5. The number of thioether (sulfide) groups is 1. The molecule has 1 aliphatic rings. The Morgan fingerprint density at radius 1 is 0.897 bits per heavy atom. The zero-order valence-electron chi connectivity index (χ0n) is 16.1. The molecule has 1 aliphatic heterocycles. The van der Waals surface area contributed by atoms with E-state index in [9.17, 15) is 4.79 Å². The smallest absolute Gasteiger partial charge is 0.266 e. The van der Waals surface area contributed by atoms with E-state index in [2.05, 4.69) is 4.99 Å². The molecular formula is C24H19ClN2OS. The fourth-order valence-corrected chi connectivity index (χ4v) is 4.06. The minimum atomic E-state index is -0.0392. The van der Waals surface area contributed by atoms with Gasteiger partial charge in [0.1, 0.15) is 0 Å². The normalized spacial score (nSPS) is 16.8. The van der Waals surface area contributed by atoms with Crippen LogP contribution in [0.15, 0.2) is 82.7 Å². The summed E-state index contributed by atoms with van der Waals surface area (Å²) in [6.45, 7) is 2.04. The van der Waals surface area contributed by atoms with Gasteiger partial charge < -0.3 is 0 Å². The average molecular weight is 419 g/mol. The third kappa shape index (κ3) is 4.44. The molecule has 0 aromatic heterocycles. The Hall–Kier alpha value is -2.82. The van der Waals surface area contributed by atoms with Crippen LogP contribution < -0.4 is 0 Å². The van der Waals surface area contributed by atoms with Crippen molar-refractivity contribution < 1.29 is 4.79 Å². The average Bonchev–Trinajstić information content (AvgIpc) is 2.99. The van der Waals surface area contributed by atoms with Crippen molar-refractivity contribution in [1.29, 1.82) is 0 Å². The number of benzene rings is 3. The van der Waals surface area contributed by atoms with E-state index >= 15 is 0 Å². The molecule has 0 N–H and O–H groups in total. The summed E-state index contributed by atoms with van der Waals surface area (Å²) >= 11 is 7.35. The van der Waals surface area contributed by atoms with Crippen LogP contribution in [-0.2, 0) is 4.79 Å². The lowest BCUT2D eigenvalue weighted by atomic mass is 10.0. The minimum Gasteiger partial charge on any atom is -0.290 e. The van der Waals surface area contributed by atoms with Crippen molar-refractivity contribution in [2.24, 2.45) is 4.99 Å². The van der Waals surface area contributed by atoms with Crippen molar-refractivity contribution in [3.05, 3.63) is 93.9 Å². The van der Waals surface area contributed by atoms with Crippen LogP contribution >= 0.6 is 23.4 Å². The monoisotopic (exact) mass is 418 g/mol. The van der Waals surface area contributed by atoms with Gasteiger partial charge in [-0.3, -0.25) is 9.69 Å². The van der Waals surface area contributed by atoms with Gasteiger partial charge in [0.15, 0.2) is 5.17 Å². The number of rotatable bonds is 3. The zero-order chi connectivity index (χ0) is 20.4. The topological polar surface area (TPSA) is 32.7 Å². The third-order valence-corrected chi connectivity index (χ3v) is 5.96. The molecule has 1 amide bonds. The molecule has 3 aromatic rings. The fourth-order valence-electron chi connectivity index (χ4n) is 2.95. The van der Waals surface area contributed by atoms with Crippen LogP contribution in [0.25, 0.3) is 17.2 Å². The van der Waals surface area contributed by atoms with Gasteiger partial charge >= 0.3 is 0 Å². The summed E-state index contributed by atoms with van der Waals surface area (Å²) in [5.41, 5.74) is 5.20. The summed E-state index contributed by atoms with van der Waals surface area (Å²) in [5, 5.41) is 1.40. The molecule has 0 bridgehead atoms. The van der Waals surface area contributed by atoms with Crippen LogP contribution in [0.5, 0.6) is 0 Å². The number of hydrogen-bond acceptors (Lipinski definition) is 3. The summed E-state index contributed by atoms with van der Waals surface area (Å²) in [6.07, 6.45) is 1.91. The molecule has 3 aromatic carbocycles. The van der Waals surface area contributed by atoms with Crippen LogP contribution in [0.1, 0.15) is 11.1 Å². The van der Waals surface area contributed by atoms with E-state index in [0.717, 1.165) is 27.4 Å². The van der Waals surface area contributed by atoms with E-state index in [4.69, 9.17) is 11.6 Å². The highest BCUT2D eigenvalue weighted by molar-refractivity contribution is 8.18. The molecule has 144 valence electrons. The predicted molar refractivity (Wildman–Crippen MR) is 124 cm³/mol. The van der Waals surface area contributed by atoms with Gasteiger partial charge in [-0.05, 0) is 65.7 Å². The van der Waals surface area contributed by atoms with Crippen LogP contribution in [0.4, 0.5) is 5.69 Å². The molecule has 4 rings (SSSR count). The van der Waals surface area contributed by atoms with Crippen LogP contribution in [0.3, 0.4) is 0 Å². The van der Waals surface area contributed by atoms with Crippen molar-refractivity contribution >= 4 is 46.2 Å². The highest BCUT2D eigenvalue weighted by atomic mass is 35.5. The quantitative estimate of drug-likeness (QED) is 0.452. The number of carbonyl (C=O) groups excluding carboxylic acids is 1. The molecule has 0 saturated carbocycles. The molecule has 1 saturated heterocycles. The number of nitrogens with zero attached hydrogens (tertiary/aromatic N) is 2. The van der Waals surface area contributed by atoms with Gasteiger partial charge in [0.2, 0.25) is 0 Å². The number of amidine groups is 1. The lowest BCUT2D eigenvalue weighted by molar-refractivity contribution is -0.121. The number of aryl methyl sites for hydroxylation is 1. The van der Waals surface area contributed by atoms with E-state index in [1.54, 1.807) is 11.9 Å². The molecule has 0 aliphatic carbocycles. The van der Waals surface area contributed by atoms with E-state index in [0.29, 0.717) is 10.1 Å². The van der Waals surface area contributed by atoms with Crippen molar-refractivity contribution in [2.45, 2.75) is 6.92 Å². The second-order valence-corrected chi connectivity index (χ2v) is 8.28. The second kappa shape index (κ2) is 8.27. The molecule has 0 radical (unpaired) electrons. The molecule has 5 heteroatoms. The molecule has 0 spiro atoms. The minimum absolute atomic E-state index is 0.0392. The third-order valence-electron chi connectivity index (χ3n) is 4.65. The van der Waals surface area contributed by atoms with Crippen molar-refractivity contribution in [3.8, 4) is 11.1 Å². The van der Waals surface area contributed by atoms with E-state index < -0.39 is 0 Å². The van der Waals surface area contributed by atoms with Crippen LogP contribution in [0.2, 0.25) is 5.02 Å². The Morgan fingerprint density at radius 2 is 1.48 bits per heavy atom. The molecule has 3 nitrogen and oxygen atoms in total. The summed E-state index contributed by atoms with van der Waals surface area (Å²) in [6, 6.07) is 23.8. The molecule has 29 heavy (non-hydrogen) atoms. The Kier molecular flexibility index (Phi) is 5.56. The highest BCUT2D eigenvalue weighted by Gasteiger charge is 2.30. The lowest BCUT2D eigenvalue weighted by Gasteiger charge is -2.07. The second-order valence-electron chi connectivity index (χ2n) is 6.83. The number of amides is 1. The van der Waals surface area contributed by atoms with E-state index in [1.807, 2.05) is 85.8 Å². The molecule has 1 heterocycles. The number of halogens is 1. The number of hydrogen-bond donors (Lipinski definition) is 0. The van der Waals surface area contributed by atoms with Gasteiger partial charge in [-0.25, -0.2) is 4.99 Å². The van der Waals surface area contributed by atoms with Crippen LogP contribution in [-0.4, -0.2) is 23.0 Å². The van der Waals surface area contributed by atoms with E-state index in [1.165, 1.54) is 17.3 Å². The van der Waals surface area contributed by atoms with Gasteiger partial charge in [-0.15, -0.1) is 0 Å². The number of carbonyl (C=O) groups is 1. The molecule has 1 fully saturated rings. The number of likely N-dealkylation sites (N-methyl/N-ethyl adjacent to an activating group) is 1. The van der Waals surface area contributed by atoms with Crippen molar-refractivity contribution in [1.82, 2.24) is 4.90 Å². The highest BCUT2D eigenvalue weighted by Crippen LogP contribution is 2.33. The Labute approximate surface area is 179 Å². The zero-order valence-corrected chi connectivity index (χ0v) is 17.7. The predicted octanol–water partition coefficient (Wildman–Crippen LogP) is 6.55. The Bertz CT molecular complexity index is 1100. The number of aliphatic imine (C=N–C) groups is 1. The van der Waals surface area contributed by atoms with Gasteiger partial charge in [0.05, 0.1) is 10.6 Å². The van der Waals surface area contributed by atoms with Crippen molar-refractivity contribution in [2.75, 3.05) is 7.05 Å². The Morgan fingerprint density at radius 3 is 2.10 bits per heavy atom. The largest absolute Gasteiger partial charge is 0.290 e.